The van der Waals surface area contributed by atoms with E-state index in [1.54, 1.807) is 24.3 Å². The number of nitrogens with one attached hydrogen (secondary N) is 1. The first kappa shape index (κ1) is 20.0. The zero-order chi connectivity index (χ0) is 21.8. The van der Waals surface area contributed by atoms with Gasteiger partial charge >= 0.3 is 5.97 Å². The van der Waals surface area contributed by atoms with Crippen LogP contribution >= 0.6 is 0 Å². The third-order valence-corrected chi connectivity index (χ3v) is 5.10. The molecule has 0 fully saturated rings. The molecule has 3 aromatic carbocycles. The van der Waals surface area contributed by atoms with Crippen LogP contribution in [0.2, 0.25) is 0 Å². The Morgan fingerprint density at radius 1 is 1.00 bits per heavy atom. The molecule has 6 nitrogen and oxygen atoms in total. The number of methoxy groups -OCH3 is 1. The lowest BCUT2D eigenvalue weighted by Gasteiger charge is -2.18. The lowest BCUT2D eigenvalue weighted by atomic mass is 10.00. The summed E-state index contributed by atoms with van der Waals surface area (Å²) in [5, 5.41) is 13.4. The molecule has 4 aromatic rings. The molecule has 0 saturated heterocycles. The van der Waals surface area contributed by atoms with Gasteiger partial charge in [-0.15, -0.1) is 0 Å². The second kappa shape index (κ2) is 8.64. The van der Waals surface area contributed by atoms with Gasteiger partial charge in [0.1, 0.15) is 6.04 Å². The Labute approximate surface area is 179 Å². The predicted octanol–water partition coefficient (Wildman–Crippen LogP) is 3.77. The number of carbonyl (C=O) groups excluding carboxylic acids is 2. The molecule has 1 atom stereocenters. The van der Waals surface area contributed by atoms with Crippen LogP contribution in [0.25, 0.3) is 21.8 Å². The van der Waals surface area contributed by atoms with Crippen LogP contribution in [0.4, 0.5) is 0 Å². The van der Waals surface area contributed by atoms with Crippen LogP contribution in [-0.2, 0) is 16.0 Å². The molecule has 0 saturated carbocycles. The van der Waals surface area contributed by atoms with Crippen LogP contribution in [0.3, 0.4) is 0 Å². The van der Waals surface area contributed by atoms with Crippen molar-refractivity contribution in [2.75, 3.05) is 7.11 Å². The smallest absolute Gasteiger partial charge is 0.328 e. The quantitative estimate of drug-likeness (QED) is 0.400. The first-order valence-electron chi connectivity index (χ1n) is 9.76. The number of pyridine rings is 1. The molecule has 4 rings (SSSR count). The Balaban J connectivity index is 1.74. The Morgan fingerprint density at radius 3 is 2.26 bits per heavy atom. The van der Waals surface area contributed by atoms with Gasteiger partial charge in [0.15, 0.2) is 0 Å². The molecule has 0 aliphatic carbocycles. The third-order valence-electron chi connectivity index (χ3n) is 5.10. The molecule has 152 valence electrons. The van der Waals surface area contributed by atoms with Crippen molar-refractivity contribution in [1.82, 2.24) is 10.3 Å². The average Bonchev–Trinajstić information content (AvgIpc) is 2.81. The lowest BCUT2D eigenvalue weighted by Crippen LogP contribution is -2.43. The number of amides is 1. The lowest BCUT2D eigenvalue weighted by molar-refractivity contribution is -0.142. The van der Waals surface area contributed by atoms with Crippen LogP contribution in [0.1, 0.15) is 21.5 Å². The number of fused-ring (bicyclic) bond motifs is 2. The van der Waals surface area contributed by atoms with Gasteiger partial charge in [0.25, 0.3) is 5.91 Å². The molecule has 31 heavy (non-hydrogen) atoms. The fraction of sp³-hybridized carbons (Fsp3) is 0.120. The van der Waals surface area contributed by atoms with Gasteiger partial charge in [0.05, 0.1) is 35.3 Å². The van der Waals surface area contributed by atoms with Crippen molar-refractivity contribution in [2.45, 2.75) is 12.5 Å². The van der Waals surface area contributed by atoms with Gasteiger partial charge in [-0.25, -0.2) is 9.78 Å². The summed E-state index contributed by atoms with van der Waals surface area (Å²) in [7, 11) is 1.28. The molecule has 0 radical (unpaired) electrons. The summed E-state index contributed by atoms with van der Waals surface area (Å²) in [6.45, 7) is 0. The highest BCUT2D eigenvalue weighted by Gasteiger charge is 2.25. The average molecular weight is 409 g/mol. The van der Waals surface area contributed by atoms with E-state index in [4.69, 9.17) is 10.00 Å². The zero-order valence-electron chi connectivity index (χ0n) is 16.8. The van der Waals surface area contributed by atoms with Crippen molar-refractivity contribution in [1.29, 1.82) is 5.26 Å². The fourth-order valence-corrected chi connectivity index (χ4v) is 3.65. The minimum absolute atomic E-state index is 0.203. The SMILES string of the molecule is COC(=O)[C@H](Cc1cccc(C#N)c1)NC(=O)c1c2ccccc2nc2ccccc12. The Kier molecular flexibility index (Phi) is 5.59. The molecule has 6 heteroatoms. The van der Waals surface area contributed by atoms with E-state index in [0.717, 1.165) is 5.56 Å². The molecular weight excluding hydrogens is 390 g/mol. The van der Waals surface area contributed by atoms with Crippen LogP contribution in [0.15, 0.2) is 72.8 Å². The molecule has 0 bridgehead atoms. The first-order valence-corrected chi connectivity index (χ1v) is 9.76. The zero-order valence-corrected chi connectivity index (χ0v) is 16.8. The molecule has 1 aromatic heterocycles. The van der Waals surface area contributed by atoms with Crippen molar-refractivity contribution in [2.24, 2.45) is 0 Å². The summed E-state index contributed by atoms with van der Waals surface area (Å²) < 4.78 is 4.92. The number of esters is 1. The van der Waals surface area contributed by atoms with E-state index in [9.17, 15) is 9.59 Å². The van der Waals surface area contributed by atoms with Crippen molar-refractivity contribution >= 4 is 33.7 Å². The summed E-state index contributed by atoms with van der Waals surface area (Å²) in [6, 6.07) is 22.9. The highest BCUT2D eigenvalue weighted by molar-refractivity contribution is 6.16. The Hall–Kier alpha value is -4.24. The number of para-hydroxylation sites is 2. The summed E-state index contributed by atoms with van der Waals surface area (Å²) in [6.07, 6.45) is 0.203. The first-order chi connectivity index (χ1) is 15.1. The number of ether oxygens (including phenoxy) is 1. The van der Waals surface area contributed by atoms with Crippen molar-refractivity contribution in [3.05, 3.63) is 89.5 Å². The number of nitrogens with zero attached hydrogens (tertiary/aromatic N) is 2. The summed E-state index contributed by atoms with van der Waals surface area (Å²) in [4.78, 5) is 30.5. The van der Waals surface area contributed by atoms with E-state index in [-0.39, 0.29) is 12.3 Å². The molecule has 0 aliphatic heterocycles. The van der Waals surface area contributed by atoms with Gasteiger partial charge in [-0.05, 0) is 29.8 Å². The minimum atomic E-state index is -0.905. The molecule has 1 amide bonds. The van der Waals surface area contributed by atoms with Crippen molar-refractivity contribution in [3.8, 4) is 6.07 Å². The van der Waals surface area contributed by atoms with Gasteiger partial charge in [0, 0.05) is 17.2 Å². The van der Waals surface area contributed by atoms with E-state index < -0.39 is 12.0 Å². The van der Waals surface area contributed by atoms with Crippen LogP contribution < -0.4 is 5.32 Å². The summed E-state index contributed by atoms with van der Waals surface area (Å²) >= 11 is 0. The largest absolute Gasteiger partial charge is 0.467 e. The van der Waals surface area contributed by atoms with E-state index in [1.807, 2.05) is 48.5 Å². The van der Waals surface area contributed by atoms with Gasteiger partial charge in [-0.1, -0.05) is 48.5 Å². The van der Waals surface area contributed by atoms with E-state index in [0.29, 0.717) is 32.9 Å². The summed E-state index contributed by atoms with van der Waals surface area (Å²) in [5.74, 6) is -0.944. The highest BCUT2D eigenvalue weighted by Crippen LogP contribution is 2.26. The molecule has 1 heterocycles. The van der Waals surface area contributed by atoms with E-state index in [2.05, 4.69) is 16.4 Å². The molecule has 1 N–H and O–H groups in total. The number of carbonyl (C=O) groups is 2. The number of benzene rings is 3. The number of hydrogen-bond donors (Lipinski definition) is 1. The van der Waals surface area contributed by atoms with E-state index >= 15 is 0 Å². The third kappa shape index (κ3) is 4.07. The monoisotopic (exact) mass is 409 g/mol. The number of nitriles is 1. The Morgan fingerprint density at radius 2 is 1.65 bits per heavy atom. The topological polar surface area (TPSA) is 92.1 Å². The normalized spacial score (nSPS) is 11.6. The molecule has 0 aliphatic rings. The molecule has 0 spiro atoms. The van der Waals surface area contributed by atoms with E-state index in [1.165, 1.54) is 7.11 Å². The maximum atomic E-state index is 13.4. The van der Waals surface area contributed by atoms with Crippen LogP contribution in [-0.4, -0.2) is 30.0 Å². The molecule has 0 unspecified atom stereocenters. The van der Waals surface area contributed by atoms with Gasteiger partial charge < -0.3 is 10.1 Å². The predicted molar refractivity (Wildman–Crippen MR) is 117 cm³/mol. The van der Waals surface area contributed by atoms with Gasteiger partial charge in [-0.3, -0.25) is 4.79 Å². The number of aromatic nitrogens is 1. The Bertz CT molecular complexity index is 1290. The van der Waals surface area contributed by atoms with Crippen molar-refractivity contribution in [3.63, 3.8) is 0 Å². The highest BCUT2D eigenvalue weighted by atomic mass is 16.5. The van der Waals surface area contributed by atoms with Gasteiger partial charge in [0.2, 0.25) is 0 Å². The summed E-state index contributed by atoms with van der Waals surface area (Å²) in [5.41, 5.74) is 3.09. The number of rotatable bonds is 5. The maximum absolute atomic E-state index is 13.4. The second-order valence-corrected chi connectivity index (χ2v) is 7.09. The van der Waals surface area contributed by atoms with Crippen molar-refractivity contribution < 1.29 is 14.3 Å². The van der Waals surface area contributed by atoms with Crippen LogP contribution in [0.5, 0.6) is 0 Å². The maximum Gasteiger partial charge on any atom is 0.328 e. The number of hydrogen-bond acceptors (Lipinski definition) is 5. The molecular formula is C25H19N3O3. The van der Waals surface area contributed by atoms with Gasteiger partial charge in [-0.2, -0.15) is 5.26 Å². The standard InChI is InChI=1S/C25H19N3O3/c1-31-25(30)22(14-16-7-6-8-17(13-16)15-26)28-24(29)23-18-9-2-4-11-20(18)27-21-12-5-3-10-19(21)23/h2-13,22H,14H2,1H3,(H,28,29)/t22-/m0/s1. The fourth-order valence-electron chi connectivity index (χ4n) is 3.65. The minimum Gasteiger partial charge on any atom is -0.467 e. The van der Waals surface area contributed by atoms with Crippen LogP contribution in [0, 0.1) is 11.3 Å². The second-order valence-electron chi connectivity index (χ2n) is 7.09.